The van der Waals surface area contributed by atoms with E-state index >= 15 is 0 Å². The molecule has 0 unspecified atom stereocenters. The minimum absolute atomic E-state index is 0.0435. The zero-order valence-electron chi connectivity index (χ0n) is 16.2. The third-order valence-corrected chi connectivity index (χ3v) is 4.62. The molecule has 0 fully saturated rings. The van der Waals surface area contributed by atoms with E-state index in [9.17, 15) is 9.59 Å². The van der Waals surface area contributed by atoms with E-state index in [-0.39, 0.29) is 24.1 Å². The Morgan fingerprint density at radius 3 is 2.93 bits per heavy atom. The van der Waals surface area contributed by atoms with E-state index in [1.807, 2.05) is 31.4 Å². The lowest BCUT2D eigenvalue weighted by Gasteiger charge is -2.09. The van der Waals surface area contributed by atoms with Gasteiger partial charge in [0.2, 0.25) is 11.7 Å². The molecule has 3 aromatic heterocycles. The largest absolute Gasteiger partial charge is 0.352 e. The van der Waals surface area contributed by atoms with Gasteiger partial charge in [-0.05, 0) is 20.3 Å². The van der Waals surface area contributed by atoms with Crippen molar-refractivity contribution in [1.29, 1.82) is 0 Å². The fourth-order valence-corrected chi connectivity index (χ4v) is 3.47. The van der Waals surface area contributed by atoms with E-state index < -0.39 is 0 Å². The van der Waals surface area contributed by atoms with Crippen molar-refractivity contribution < 1.29 is 4.79 Å². The van der Waals surface area contributed by atoms with Crippen molar-refractivity contribution in [1.82, 2.24) is 29.0 Å². The predicted octanol–water partition coefficient (Wildman–Crippen LogP) is 1.30. The molecule has 0 saturated heterocycles. The molecule has 28 heavy (non-hydrogen) atoms. The summed E-state index contributed by atoms with van der Waals surface area (Å²) in [4.78, 5) is 33.9. The number of hydrogen-bond donors (Lipinski definition) is 1. The van der Waals surface area contributed by atoms with Crippen LogP contribution in [0, 0.1) is 0 Å². The molecule has 1 N–H and O–H groups in total. The smallest absolute Gasteiger partial charge is 0.260 e. The van der Waals surface area contributed by atoms with Gasteiger partial charge in [-0.25, -0.2) is 9.98 Å². The lowest BCUT2D eigenvalue weighted by Crippen LogP contribution is -2.33. The van der Waals surface area contributed by atoms with Crippen molar-refractivity contribution in [3.63, 3.8) is 0 Å². The summed E-state index contributed by atoms with van der Waals surface area (Å²) in [6.07, 6.45) is 8.27. The van der Waals surface area contributed by atoms with Gasteiger partial charge in [-0.3, -0.25) is 23.2 Å². The molecule has 1 amide bonds. The Morgan fingerprint density at radius 2 is 2.18 bits per heavy atom. The van der Waals surface area contributed by atoms with Crippen LogP contribution in [-0.4, -0.2) is 41.4 Å². The second-order valence-electron chi connectivity index (χ2n) is 7.24. The number of amides is 1. The molecule has 0 atom stereocenters. The van der Waals surface area contributed by atoms with Crippen LogP contribution in [0.15, 0.2) is 34.6 Å². The van der Waals surface area contributed by atoms with E-state index in [0.717, 1.165) is 17.7 Å². The highest BCUT2D eigenvalue weighted by Gasteiger charge is 2.25. The number of hydrogen-bond acceptors (Lipinski definition) is 5. The van der Waals surface area contributed by atoms with E-state index in [1.165, 1.54) is 0 Å². The zero-order chi connectivity index (χ0) is 19.8. The fraction of sp³-hybridized carbons (Fsp3) is 0.421. The van der Waals surface area contributed by atoms with Gasteiger partial charge < -0.3 is 5.32 Å². The first-order valence-corrected chi connectivity index (χ1v) is 9.46. The normalized spacial score (nSPS) is 13.2. The van der Waals surface area contributed by atoms with Gasteiger partial charge in [0, 0.05) is 43.2 Å². The average Bonchev–Trinajstić information content (AvgIpc) is 3.35. The molecule has 0 aliphatic carbocycles. The summed E-state index contributed by atoms with van der Waals surface area (Å²) in [5, 5.41) is 7.11. The Kier molecular flexibility index (Phi) is 4.58. The highest BCUT2D eigenvalue weighted by atomic mass is 16.2. The van der Waals surface area contributed by atoms with Crippen molar-refractivity contribution in [2.45, 2.75) is 52.7 Å². The number of rotatable bonds is 6. The number of carbonyl (C=O) groups is 1. The number of imidazole rings is 1. The SMILES string of the molecule is CCCn1c(=O)c2c(n3ccnc13)N=C(c1cnn(CC(=O)NC(C)C)c1)C2. The molecule has 3 aromatic rings. The van der Waals surface area contributed by atoms with E-state index in [2.05, 4.69) is 15.4 Å². The Labute approximate surface area is 161 Å². The minimum atomic E-state index is -0.0936. The number of fused-ring (bicyclic) bond motifs is 3. The summed E-state index contributed by atoms with van der Waals surface area (Å²) < 4.78 is 5.15. The maximum absolute atomic E-state index is 13.0. The monoisotopic (exact) mass is 381 g/mol. The fourth-order valence-electron chi connectivity index (χ4n) is 3.47. The van der Waals surface area contributed by atoms with Crippen LogP contribution in [0.2, 0.25) is 0 Å². The van der Waals surface area contributed by atoms with Crippen molar-refractivity contribution in [2.75, 3.05) is 0 Å². The molecule has 146 valence electrons. The van der Waals surface area contributed by atoms with E-state index in [1.54, 1.807) is 27.8 Å². The molecule has 4 heterocycles. The summed E-state index contributed by atoms with van der Waals surface area (Å²) in [6, 6.07) is 0.0825. The first-order valence-electron chi connectivity index (χ1n) is 9.46. The van der Waals surface area contributed by atoms with Crippen LogP contribution < -0.4 is 10.9 Å². The van der Waals surface area contributed by atoms with Crippen LogP contribution in [0.5, 0.6) is 0 Å². The lowest BCUT2D eigenvalue weighted by molar-refractivity contribution is -0.122. The van der Waals surface area contributed by atoms with Gasteiger partial charge in [0.15, 0.2) is 0 Å². The van der Waals surface area contributed by atoms with Gasteiger partial charge >= 0.3 is 0 Å². The number of aromatic nitrogens is 5. The highest BCUT2D eigenvalue weighted by Crippen LogP contribution is 2.27. The lowest BCUT2D eigenvalue weighted by atomic mass is 10.1. The molecule has 0 radical (unpaired) electrons. The third kappa shape index (κ3) is 3.12. The molecule has 9 heteroatoms. The molecule has 0 saturated carbocycles. The van der Waals surface area contributed by atoms with Crippen LogP contribution in [0.1, 0.15) is 38.3 Å². The van der Waals surface area contributed by atoms with E-state index in [0.29, 0.717) is 30.1 Å². The number of nitrogens with one attached hydrogen (secondary N) is 1. The average molecular weight is 381 g/mol. The molecule has 1 aliphatic rings. The molecular formula is C19H23N7O2. The molecule has 4 rings (SSSR count). The number of nitrogens with zero attached hydrogens (tertiary/aromatic N) is 6. The molecule has 0 bridgehead atoms. The van der Waals surface area contributed by atoms with Crippen LogP contribution in [0.4, 0.5) is 5.82 Å². The van der Waals surface area contributed by atoms with Crippen molar-refractivity contribution in [2.24, 2.45) is 4.99 Å². The number of carbonyl (C=O) groups excluding carboxylic acids is 1. The van der Waals surface area contributed by atoms with Gasteiger partial charge in [-0.15, -0.1) is 0 Å². The Bertz CT molecular complexity index is 1130. The molecule has 1 aliphatic heterocycles. The van der Waals surface area contributed by atoms with Gasteiger partial charge in [-0.2, -0.15) is 5.10 Å². The van der Waals surface area contributed by atoms with Gasteiger partial charge in [0.05, 0.1) is 17.5 Å². The molecular weight excluding hydrogens is 358 g/mol. The Morgan fingerprint density at radius 1 is 1.36 bits per heavy atom. The van der Waals surface area contributed by atoms with E-state index in [4.69, 9.17) is 4.99 Å². The summed E-state index contributed by atoms with van der Waals surface area (Å²) in [5.41, 5.74) is 2.20. The van der Waals surface area contributed by atoms with Crippen LogP contribution in [-0.2, 0) is 24.3 Å². The summed E-state index contributed by atoms with van der Waals surface area (Å²) in [7, 11) is 0. The maximum Gasteiger partial charge on any atom is 0.260 e. The summed E-state index contributed by atoms with van der Waals surface area (Å²) in [5.74, 6) is 1.14. The second-order valence-corrected chi connectivity index (χ2v) is 7.24. The first-order chi connectivity index (χ1) is 13.5. The summed E-state index contributed by atoms with van der Waals surface area (Å²) >= 11 is 0. The second kappa shape index (κ2) is 7.06. The maximum atomic E-state index is 13.0. The summed E-state index contributed by atoms with van der Waals surface area (Å²) in [6.45, 7) is 6.63. The Balaban J connectivity index is 1.65. The minimum Gasteiger partial charge on any atom is -0.352 e. The van der Waals surface area contributed by atoms with Crippen molar-refractivity contribution in [3.05, 3.63) is 46.3 Å². The molecule has 0 aromatic carbocycles. The van der Waals surface area contributed by atoms with Crippen LogP contribution in [0.3, 0.4) is 0 Å². The van der Waals surface area contributed by atoms with Gasteiger partial charge in [0.25, 0.3) is 5.56 Å². The van der Waals surface area contributed by atoms with Crippen molar-refractivity contribution in [3.8, 4) is 0 Å². The molecule has 9 nitrogen and oxygen atoms in total. The number of aliphatic imine (C=N–C) groups is 1. The standard InChI is InChI=1S/C19H23N7O2/c1-4-6-26-18(28)14-8-15(23-17(14)25-7-5-20-19(25)26)13-9-21-24(10-13)11-16(27)22-12(2)3/h5,7,9-10,12H,4,6,8,11H2,1-3H3,(H,22,27). The first kappa shape index (κ1) is 18.1. The third-order valence-electron chi connectivity index (χ3n) is 4.62. The topological polar surface area (TPSA) is 98.6 Å². The quantitative estimate of drug-likeness (QED) is 0.696. The van der Waals surface area contributed by atoms with Crippen molar-refractivity contribution >= 4 is 23.2 Å². The molecule has 0 spiro atoms. The van der Waals surface area contributed by atoms with Crippen LogP contribution in [0.25, 0.3) is 5.78 Å². The van der Waals surface area contributed by atoms with Crippen LogP contribution >= 0.6 is 0 Å². The Hall–Kier alpha value is -3.23. The zero-order valence-corrected chi connectivity index (χ0v) is 16.2. The predicted molar refractivity (Wildman–Crippen MR) is 105 cm³/mol. The highest BCUT2D eigenvalue weighted by molar-refractivity contribution is 6.05. The van der Waals surface area contributed by atoms with Gasteiger partial charge in [-0.1, -0.05) is 6.92 Å². The van der Waals surface area contributed by atoms with Gasteiger partial charge in [0.1, 0.15) is 12.4 Å². The number of aryl methyl sites for hydroxylation is 1.